The maximum atomic E-state index is 11.2. The number of carbonyl (C=O) groups is 1. The zero-order valence-electron chi connectivity index (χ0n) is 12.3. The first kappa shape index (κ1) is 15.5. The highest BCUT2D eigenvalue weighted by Crippen LogP contribution is 2.25. The second kappa shape index (κ2) is 7.17. The molecule has 0 heterocycles. The molecule has 0 aromatic heterocycles. The molecule has 0 fully saturated rings. The summed E-state index contributed by atoms with van der Waals surface area (Å²) >= 11 is 0. The first-order valence-corrected chi connectivity index (χ1v) is 7.10. The molecule has 2 N–H and O–H groups in total. The third-order valence-electron chi connectivity index (χ3n) is 4.11. The fourth-order valence-corrected chi connectivity index (χ4v) is 2.37. The molecule has 3 unspecified atom stereocenters. The van der Waals surface area contributed by atoms with Crippen LogP contribution in [0.5, 0.6) is 0 Å². The van der Waals surface area contributed by atoms with Crippen molar-refractivity contribution in [3.63, 3.8) is 0 Å². The van der Waals surface area contributed by atoms with Crippen LogP contribution in [0, 0.1) is 11.8 Å². The number of carboxylic acid groups (broad SMARTS) is 1. The molecule has 3 nitrogen and oxygen atoms in total. The second-order valence-electron chi connectivity index (χ2n) is 5.25. The minimum absolute atomic E-state index is 0.301. The number of hydrogen-bond donors (Lipinski definition) is 2. The summed E-state index contributed by atoms with van der Waals surface area (Å²) in [6, 6.07) is 7.42. The van der Waals surface area contributed by atoms with E-state index in [9.17, 15) is 9.90 Å². The summed E-state index contributed by atoms with van der Waals surface area (Å²) in [7, 11) is 0. The summed E-state index contributed by atoms with van der Waals surface area (Å²) in [5, 5.41) is 12.6. The van der Waals surface area contributed by atoms with Gasteiger partial charge in [-0.2, -0.15) is 0 Å². The molecular weight excluding hydrogens is 238 g/mol. The van der Waals surface area contributed by atoms with E-state index in [2.05, 4.69) is 33.0 Å². The molecule has 0 aliphatic heterocycles. The van der Waals surface area contributed by atoms with Gasteiger partial charge in [-0.3, -0.25) is 0 Å². The van der Waals surface area contributed by atoms with Crippen LogP contribution in [0.2, 0.25) is 0 Å². The summed E-state index contributed by atoms with van der Waals surface area (Å²) in [6.45, 7) is 8.82. The molecule has 1 aromatic rings. The Morgan fingerprint density at radius 3 is 2.37 bits per heavy atom. The average Bonchev–Trinajstić information content (AvgIpc) is 2.43. The van der Waals surface area contributed by atoms with Crippen LogP contribution in [0.3, 0.4) is 0 Å². The maximum Gasteiger partial charge on any atom is 0.337 e. The lowest BCUT2D eigenvalue weighted by molar-refractivity contribution is 0.0698. The second-order valence-corrected chi connectivity index (χ2v) is 5.25. The van der Waals surface area contributed by atoms with Crippen molar-refractivity contribution in [2.24, 2.45) is 11.8 Å². The standard InChI is InChI=1S/C16H25NO2/c1-5-11(3)12(4)14(6-2)17-15-10-8-7-9-13(15)16(18)19/h7-12,14,17H,5-6H2,1-4H3,(H,18,19). The van der Waals surface area contributed by atoms with Gasteiger partial charge in [-0.15, -0.1) is 0 Å². The van der Waals surface area contributed by atoms with Gasteiger partial charge in [0.15, 0.2) is 0 Å². The van der Waals surface area contributed by atoms with E-state index in [4.69, 9.17) is 0 Å². The lowest BCUT2D eigenvalue weighted by atomic mass is 9.85. The van der Waals surface area contributed by atoms with Gasteiger partial charge in [-0.1, -0.05) is 46.2 Å². The summed E-state index contributed by atoms with van der Waals surface area (Å²) < 4.78 is 0. The highest BCUT2D eigenvalue weighted by atomic mass is 16.4. The molecule has 106 valence electrons. The van der Waals surface area contributed by atoms with Crippen molar-refractivity contribution in [3.05, 3.63) is 29.8 Å². The van der Waals surface area contributed by atoms with Crippen LogP contribution in [0.25, 0.3) is 0 Å². The molecule has 0 saturated heterocycles. The van der Waals surface area contributed by atoms with E-state index in [1.165, 1.54) is 0 Å². The van der Waals surface area contributed by atoms with Crippen LogP contribution in [-0.2, 0) is 0 Å². The summed E-state index contributed by atoms with van der Waals surface area (Å²) in [6.07, 6.45) is 2.12. The van der Waals surface area contributed by atoms with Gasteiger partial charge in [0.25, 0.3) is 0 Å². The molecule has 0 aliphatic rings. The predicted molar refractivity (Wildman–Crippen MR) is 79.7 cm³/mol. The Labute approximate surface area is 116 Å². The lowest BCUT2D eigenvalue weighted by Crippen LogP contribution is -2.31. The van der Waals surface area contributed by atoms with Crippen LogP contribution >= 0.6 is 0 Å². The molecule has 0 amide bonds. The smallest absolute Gasteiger partial charge is 0.337 e. The van der Waals surface area contributed by atoms with Crippen molar-refractivity contribution in [1.82, 2.24) is 0 Å². The van der Waals surface area contributed by atoms with Crippen molar-refractivity contribution in [3.8, 4) is 0 Å². The molecule has 3 heteroatoms. The van der Waals surface area contributed by atoms with Crippen LogP contribution < -0.4 is 5.32 Å². The van der Waals surface area contributed by atoms with Crippen molar-refractivity contribution >= 4 is 11.7 Å². The molecule has 0 bridgehead atoms. The number of para-hydroxylation sites is 1. The molecule has 19 heavy (non-hydrogen) atoms. The quantitative estimate of drug-likeness (QED) is 0.773. The Kier molecular flexibility index (Phi) is 5.87. The molecule has 3 atom stereocenters. The summed E-state index contributed by atoms with van der Waals surface area (Å²) in [5.41, 5.74) is 1.06. The van der Waals surface area contributed by atoms with E-state index in [0.717, 1.165) is 18.5 Å². The van der Waals surface area contributed by atoms with Crippen molar-refractivity contribution in [1.29, 1.82) is 0 Å². The van der Waals surface area contributed by atoms with Gasteiger partial charge < -0.3 is 10.4 Å². The van der Waals surface area contributed by atoms with Gasteiger partial charge in [-0.05, 0) is 30.4 Å². The van der Waals surface area contributed by atoms with E-state index in [-0.39, 0.29) is 0 Å². The Morgan fingerprint density at radius 2 is 1.84 bits per heavy atom. The first-order chi connectivity index (χ1) is 9.01. The SMILES string of the molecule is CCC(C)C(C)C(CC)Nc1ccccc1C(=O)O. The van der Waals surface area contributed by atoms with Crippen LogP contribution in [0.1, 0.15) is 50.9 Å². The molecular formula is C16H25NO2. The monoisotopic (exact) mass is 263 g/mol. The third kappa shape index (κ3) is 3.98. The van der Waals surface area contributed by atoms with Gasteiger partial charge in [0.05, 0.1) is 5.56 Å². The van der Waals surface area contributed by atoms with E-state index in [1.807, 2.05) is 12.1 Å². The number of carboxylic acids is 1. The molecule has 0 spiro atoms. The zero-order chi connectivity index (χ0) is 14.4. The first-order valence-electron chi connectivity index (χ1n) is 7.10. The number of hydrogen-bond acceptors (Lipinski definition) is 2. The minimum atomic E-state index is -0.880. The molecule has 0 saturated carbocycles. The van der Waals surface area contributed by atoms with Crippen LogP contribution in [-0.4, -0.2) is 17.1 Å². The van der Waals surface area contributed by atoms with Gasteiger partial charge >= 0.3 is 5.97 Å². The van der Waals surface area contributed by atoms with Gasteiger partial charge in [0.1, 0.15) is 0 Å². The maximum absolute atomic E-state index is 11.2. The summed E-state index contributed by atoms with van der Waals surface area (Å²) in [5.74, 6) is 0.250. The highest BCUT2D eigenvalue weighted by molar-refractivity contribution is 5.94. The van der Waals surface area contributed by atoms with Crippen molar-refractivity contribution < 1.29 is 9.90 Å². The Bertz CT molecular complexity index is 417. The molecule has 0 radical (unpaired) electrons. The van der Waals surface area contributed by atoms with Gasteiger partial charge in [-0.25, -0.2) is 4.79 Å². The van der Waals surface area contributed by atoms with Crippen molar-refractivity contribution in [2.45, 2.75) is 46.6 Å². The number of benzene rings is 1. The Hall–Kier alpha value is -1.51. The predicted octanol–water partition coefficient (Wildman–Crippen LogP) is 4.26. The summed E-state index contributed by atoms with van der Waals surface area (Å²) in [4.78, 5) is 11.2. The van der Waals surface area contributed by atoms with Crippen LogP contribution in [0.4, 0.5) is 5.69 Å². The van der Waals surface area contributed by atoms with Gasteiger partial charge in [0, 0.05) is 11.7 Å². The lowest BCUT2D eigenvalue weighted by Gasteiger charge is -2.29. The fourth-order valence-electron chi connectivity index (χ4n) is 2.37. The van der Waals surface area contributed by atoms with E-state index >= 15 is 0 Å². The normalized spacial score (nSPS) is 15.6. The topological polar surface area (TPSA) is 49.3 Å². The molecule has 1 aromatic carbocycles. The minimum Gasteiger partial charge on any atom is -0.478 e. The number of aromatic carboxylic acids is 1. The number of rotatable bonds is 7. The third-order valence-corrected chi connectivity index (χ3v) is 4.11. The largest absolute Gasteiger partial charge is 0.478 e. The van der Waals surface area contributed by atoms with Gasteiger partial charge in [0.2, 0.25) is 0 Å². The fraction of sp³-hybridized carbons (Fsp3) is 0.562. The Balaban J connectivity index is 2.90. The van der Waals surface area contributed by atoms with Crippen LogP contribution in [0.15, 0.2) is 24.3 Å². The Morgan fingerprint density at radius 1 is 1.21 bits per heavy atom. The number of nitrogens with one attached hydrogen (secondary N) is 1. The van der Waals surface area contributed by atoms with E-state index < -0.39 is 5.97 Å². The van der Waals surface area contributed by atoms with E-state index in [0.29, 0.717) is 23.4 Å². The number of anilines is 1. The zero-order valence-corrected chi connectivity index (χ0v) is 12.3. The molecule has 0 aliphatic carbocycles. The highest BCUT2D eigenvalue weighted by Gasteiger charge is 2.21. The van der Waals surface area contributed by atoms with Crippen molar-refractivity contribution in [2.75, 3.05) is 5.32 Å². The molecule has 1 rings (SSSR count). The average molecular weight is 263 g/mol. The van der Waals surface area contributed by atoms with E-state index in [1.54, 1.807) is 12.1 Å².